The average Bonchev–Trinajstić information content (AvgIpc) is 1.61. The maximum atomic E-state index is 3.01. The highest BCUT2D eigenvalue weighted by atomic mass is 14.9. The summed E-state index contributed by atoms with van der Waals surface area (Å²) in [4.78, 5) is 0. The maximum absolute atomic E-state index is 3.01. The molecular formula is C6H20N2. The van der Waals surface area contributed by atoms with Crippen molar-refractivity contribution in [3.63, 3.8) is 0 Å². The number of hydrogen-bond donors (Lipinski definition) is 2. The highest BCUT2D eigenvalue weighted by Crippen LogP contribution is 1.45. The Kier molecular flexibility index (Phi) is 30.9. The van der Waals surface area contributed by atoms with Gasteiger partial charge in [0, 0.05) is 13.1 Å². The summed E-state index contributed by atoms with van der Waals surface area (Å²) in [6.45, 7) is 2.10. The lowest BCUT2D eigenvalue weighted by Gasteiger charge is -1.92. The molecule has 0 rings (SSSR count). The highest BCUT2D eigenvalue weighted by Gasteiger charge is 1.70. The van der Waals surface area contributed by atoms with Crippen LogP contribution in [-0.4, -0.2) is 27.2 Å². The summed E-state index contributed by atoms with van der Waals surface area (Å²) < 4.78 is 0. The molecular weight excluding hydrogens is 100 g/mol. The van der Waals surface area contributed by atoms with E-state index in [2.05, 4.69) is 10.6 Å². The number of rotatable bonds is 3. The van der Waals surface area contributed by atoms with E-state index in [1.54, 1.807) is 0 Å². The molecule has 0 aromatic heterocycles. The summed E-state index contributed by atoms with van der Waals surface area (Å²) in [6, 6.07) is 0. The predicted octanol–water partition coefficient (Wildman–Crippen LogP) is 0.697. The molecule has 0 bridgehead atoms. The zero-order valence-electron chi connectivity index (χ0n) is 4.41. The molecule has 0 heterocycles. The van der Waals surface area contributed by atoms with Crippen molar-refractivity contribution in [2.75, 3.05) is 27.2 Å². The quantitative estimate of drug-likeness (QED) is 0.536. The maximum Gasteiger partial charge on any atom is 0.00736 e. The summed E-state index contributed by atoms with van der Waals surface area (Å²) in [7, 11) is 3.88. The molecule has 0 aromatic rings. The second kappa shape index (κ2) is 15.8. The average molecular weight is 120 g/mol. The van der Waals surface area contributed by atoms with Gasteiger partial charge in [0.2, 0.25) is 0 Å². The van der Waals surface area contributed by atoms with Gasteiger partial charge in [-0.05, 0) is 14.1 Å². The third-order valence-corrected chi connectivity index (χ3v) is 0.625. The minimum Gasteiger partial charge on any atom is -0.318 e. The summed E-state index contributed by atoms with van der Waals surface area (Å²) in [6.07, 6.45) is 0. The third-order valence-electron chi connectivity index (χ3n) is 0.625. The molecule has 0 aliphatic rings. The fourth-order valence-corrected chi connectivity index (χ4v) is 0.250. The predicted molar refractivity (Wildman–Crippen MR) is 41.3 cm³/mol. The van der Waals surface area contributed by atoms with Gasteiger partial charge in [-0.3, -0.25) is 0 Å². The van der Waals surface area contributed by atoms with Gasteiger partial charge in [0.1, 0.15) is 0 Å². The Bertz CT molecular complexity index is 18.5. The van der Waals surface area contributed by atoms with Crippen molar-refractivity contribution in [3.05, 3.63) is 0 Å². The van der Waals surface area contributed by atoms with Gasteiger partial charge in [-0.2, -0.15) is 0 Å². The molecule has 2 nitrogen and oxygen atoms in total. The van der Waals surface area contributed by atoms with Gasteiger partial charge in [0.25, 0.3) is 0 Å². The monoisotopic (exact) mass is 120 g/mol. The van der Waals surface area contributed by atoms with Gasteiger partial charge in [0.15, 0.2) is 0 Å². The minimum absolute atomic E-state index is 0. The van der Waals surface area contributed by atoms with Crippen molar-refractivity contribution in [2.45, 2.75) is 14.9 Å². The SMILES string of the molecule is C.C.CNCCNC. The molecule has 54 valence electrons. The largest absolute Gasteiger partial charge is 0.318 e. The van der Waals surface area contributed by atoms with Gasteiger partial charge in [-0.1, -0.05) is 14.9 Å². The first-order valence-corrected chi connectivity index (χ1v) is 2.21. The molecule has 0 fully saturated rings. The molecule has 0 unspecified atom stereocenters. The van der Waals surface area contributed by atoms with Crippen molar-refractivity contribution in [1.82, 2.24) is 10.6 Å². The zero-order valence-corrected chi connectivity index (χ0v) is 4.41. The van der Waals surface area contributed by atoms with E-state index in [9.17, 15) is 0 Å². The summed E-state index contributed by atoms with van der Waals surface area (Å²) in [5.74, 6) is 0. The van der Waals surface area contributed by atoms with Crippen molar-refractivity contribution in [1.29, 1.82) is 0 Å². The summed E-state index contributed by atoms with van der Waals surface area (Å²) >= 11 is 0. The molecule has 0 saturated carbocycles. The molecule has 0 atom stereocenters. The Morgan fingerprint density at radius 3 is 1.25 bits per heavy atom. The van der Waals surface area contributed by atoms with Crippen LogP contribution in [0.1, 0.15) is 14.9 Å². The number of likely N-dealkylation sites (N-methyl/N-ethyl adjacent to an activating group) is 2. The van der Waals surface area contributed by atoms with Crippen LogP contribution in [0.5, 0.6) is 0 Å². The van der Waals surface area contributed by atoms with Gasteiger partial charge >= 0.3 is 0 Å². The van der Waals surface area contributed by atoms with E-state index < -0.39 is 0 Å². The van der Waals surface area contributed by atoms with E-state index >= 15 is 0 Å². The van der Waals surface area contributed by atoms with Gasteiger partial charge < -0.3 is 10.6 Å². The van der Waals surface area contributed by atoms with E-state index in [1.807, 2.05) is 14.1 Å². The van der Waals surface area contributed by atoms with E-state index in [1.165, 1.54) is 0 Å². The topological polar surface area (TPSA) is 24.1 Å². The molecule has 0 aliphatic carbocycles. The Hall–Kier alpha value is -0.0800. The van der Waals surface area contributed by atoms with Crippen molar-refractivity contribution >= 4 is 0 Å². The van der Waals surface area contributed by atoms with Crippen LogP contribution in [0.3, 0.4) is 0 Å². The molecule has 0 amide bonds. The normalized spacial score (nSPS) is 6.75. The zero-order chi connectivity index (χ0) is 4.83. The Morgan fingerprint density at radius 1 is 0.875 bits per heavy atom. The van der Waals surface area contributed by atoms with E-state index in [-0.39, 0.29) is 14.9 Å². The molecule has 0 aromatic carbocycles. The fourth-order valence-electron chi connectivity index (χ4n) is 0.250. The Balaban J connectivity index is -0.000000125. The molecule has 8 heavy (non-hydrogen) atoms. The Morgan fingerprint density at radius 2 is 1.12 bits per heavy atom. The Labute approximate surface area is 53.7 Å². The third kappa shape index (κ3) is 16.8. The lowest BCUT2D eigenvalue weighted by molar-refractivity contribution is 0.718. The van der Waals surface area contributed by atoms with E-state index in [0.29, 0.717) is 0 Å². The lowest BCUT2D eigenvalue weighted by atomic mass is 10.6. The molecule has 0 spiro atoms. The standard InChI is InChI=1S/C4H12N2.2CH4/c1-5-3-4-6-2;;/h5-6H,3-4H2,1-2H3;2*1H4. The van der Waals surface area contributed by atoms with Crippen LogP contribution in [0.2, 0.25) is 0 Å². The first kappa shape index (κ1) is 15.7. The molecule has 2 N–H and O–H groups in total. The first-order chi connectivity index (χ1) is 2.91. The van der Waals surface area contributed by atoms with Crippen molar-refractivity contribution in [3.8, 4) is 0 Å². The smallest absolute Gasteiger partial charge is 0.00736 e. The first-order valence-electron chi connectivity index (χ1n) is 2.21. The van der Waals surface area contributed by atoms with Gasteiger partial charge in [-0.15, -0.1) is 0 Å². The second-order valence-corrected chi connectivity index (χ2v) is 1.21. The second-order valence-electron chi connectivity index (χ2n) is 1.21. The van der Waals surface area contributed by atoms with Crippen molar-refractivity contribution < 1.29 is 0 Å². The highest BCUT2D eigenvalue weighted by molar-refractivity contribution is 4.38. The van der Waals surface area contributed by atoms with Crippen LogP contribution >= 0.6 is 0 Å². The van der Waals surface area contributed by atoms with Crippen LogP contribution in [-0.2, 0) is 0 Å². The number of hydrogen-bond acceptors (Lipinski definition) is 2. The van der Waals surface area contributed by atoms with Gasteiger partial charge in [-0.25, -0.2) is 0 Å². The minimum atomic E-state index is 0. The van der Waals surface area contributed by atoms with Crippen LogP contribution in [0.15, 0.2) is 0 Å². The molecule has 0 radical (unpaired) electrons. The van der Waals surface area contributed by atoms with Crippen LogP contribution in [0.4, 0.5) is 0 Å². The van der Waals surface area contributed by atoms with Crippen molar-refractivity contribution in [2.24, 2.45) is 0 Å². The fraction of sp³-hybridized carbons (Fsp3) is 1.00. The van der Waals surface area contributed by atoms with Crippen LogP contribution in [0.25, 0.3) is 0 Å². The van der Waals surface area contributed by atoms with Crippen LogP contribution < -0.4 is 10.6 Å². The lowest BCUT2D eigenvalue weighted by Crippen LogP contribution is -2.21. The number of nitrogens with one attached hydrogen (secondary N) is 2. The van der Waals surface area contributed by atoms with E-state index in [0.717, 1.165) is 13.1 Å². The van der Waals surface area contributed by atoms with Gasteiger partial charge in [0.05, 0.1) is 0 Å². The van der Waals surface area contributed by atoms with E-state index in [4.69, 9.17) is 0 Å². The van der Waals surface area contributed by atoms with Crippen LogP contribution in [0, 0.1) is 0 Å². The summed E-state index contributed by atoms with van der Waals surface area (Å²) in [5, 5.41) is 6.01. The summed E-state index contributed by atoms with van der Waals surface area (Å²) in [5.41, 5.74) is 0. The molecule has 0 aliphatic heterocycles. The molecule has 2 heteroatoms. The molecule has 0 saturated heterocycles.